The molecule has 1 heterocycles. The summed E-state index contributed by atoms with van der Waals surface area (Å²) >= 11 is 0. The van der Waals surface area contributed by atoms with Crippen LogP contribution in [0.5, 0.6) is 5.88 Å². The smallest absolute Gasteiger partial charge is 0.256 e. The number of ether oxygens (including phenoxy) is 2. The number of hydrogen-bond donors (Lipinski definition) is 1. The van der Waals surface area contributed by atoms with Crippen LogP contribution in [0.3, 0.4) is 0 Å². The maximum absolute atomic E-state index is 12.6. The molecule has 0 radical (unpaired) electrons. The Labute approximate surface area is 139 Å². The molecule has 1 N–H and O–H groups in total. The van der Waals surface area contributed by atoms with Gasteiger partial charge in [-0.05, 0) is 32.3 Å². The summed E-state index contributed by atoms with van der Waals surface area (Å²) in [5.74, 6) is 0.448. The highest BCUT2D eigenvalue weighted by Gasteiger charge is 2.33. The van der Waals surface area contributed by atoms with Crippen LogP contribution in [0, 0.1) is 0 Å². The van der Waals surface area contributed by atoms with E-state index in [9.17, 15) is 4.79 Å². The number of carbonyl (C=O) groups is 1. The Hall–Kier alpha value is -1.62. The van der Waals surface area contributed by atoms with E-state index in [1.165, 1.54) is 0 Å². The fourth-order valence-electron chi connectivity index (χ4n) is 2.10. The lowest BCUT2D eigenvalue weighted by atomic mass is 9.97. The molecule has 1 rings (SSSR count). The van der Waals surface area contributed by atoms with E-state index in [1.807, 2.05) is 20.8 Å². The van der Waals surface area contributed by atoms with E-state index in [0.717, 1.165) is 25.7 Å². The molecule has 0 fully saturated rings. The monoisotopic (exact) mass is 322 g/mol. The Balaban J connectivity index is 2.69. The molecule has 0 aliphatic rings. The second-order valence-corrected chi connectivity index (χ2v) is 5.87. The number of amides is 1. The van der Waals surface area contributed by atoms with Crippen LogP contribution in [0.15, 0.2) is 18.3 Å². The fraction of sp³-hybridized carbons (Fsp3) is 0.667. The SMILES string of the molecule is CCCC[C@@](C)(OCCC)C(=O)Nc1ccc(OCCC)nc1. The normalized spacial score (nSPS) is 13.4. The van der Waals surface area contributed by atoms with Gasteiger partial charge in [0.2, 0.25) is 5.88 Å². The lowest BCUT2D eigenvalue weighted by Crippen LogP contribution is -2.43. The van der Waals surface area contributed by atoms with Crippen molar-refractivity contribution in [3.05, 3.63) is 18.3 Å². The van der Waals surface area contributed by atoms with Gasteiger partial charge in [0, 0.05) is 12.7 Å². The van der Waals surface area contributed by atoms with Gasteiger partial charge in [-0.25, -0.2) is 4.98 Å². The summed E-state index contributed by atoms with van der Waals surface area (Å²) in [6.45, 7) is 9.27. The van der Waals surface area contributed by atoms with Crippen LogP contribution in [-0.2, 0) is 9.53 Å². The van der Waals surface area contributed by atoms with Crippen molar-refractivity contribution in [3.63, 3.8) is 0 Å². The molecule has 23 heavy (non-hydrogen) atoms. The van der Waals surface area contributed by atoms with E-state index in [0.29, 0.717) is 31.2 Å². The van der Waals surface area contributed by atoms with Crippen LogP contribution in [0.2, 0.25) is 0 Å². The van der Waals surface area contributed by atoms with Crippen LogP contribution in [-0.4, -0.2) is 29.7 Å². The number of carbonyl (C=O) groups excluding carboxylic acids is 1. The standard InChI is InChI=1S/C18H30N2O3/c1-5-8-11-18(4,23-13-7-3)17(21)20-15-9-10-16(19-14-15)22-12-6-2/h9-10,14H,5-8,11-13H2,1-4H3,(H,20,21)/t18-/m1/s1. The summed E-state index contributed by atoms with van der Waals surface area (Å²) in [6, 6.07) is 3.57. The predicted molar refractivity (Wildman–Crippen MR) is 92.8 cm³/mol. The first kappa shape index (κ1) is 19.4. The number of anilines is 1. The van der Waals surface area contributed by atoms with Crippen LogP contribution >= 0.6 is 0 Å². The number of nitrogens with zero attached hydrogens (tertiary/aromatic N) is 1. The van der Waals surface area contributed by atoms with Gasteiger partial charge < -0.3 is 14.8 Å². The Morgan fingerprint density at radius 2 is 1.91 bits per heavy atom. The molecule has 1 amide bonds. The van der Waals surface area contributed by atoms with Crippen molar-refractivity contribution in [2.45, 2.75) is 65.4 Å². The summed E-state index contributed by atoms with van der Waals surface area (Å²) in [5.41, 5.74) is -0.148. The highest BCUT2D eigenvalue weighted by Crippen LogP contribution is 2.22. The summed E-state index contributed by atoms with van der Waals surface area (Å²) in [7, 11) is 0. The van der Waals surface area contributed by atoms with E-state index >= 15 is 0 Å². The number of aromatic nitrogens is 1. The average molecular weight is 322 g/mol. The van der Waals surface area contributed by atoms with Crippen LogP contribution < -0.4 is 10.1 Å². The van der Waals surface area contributed by atoms with Gasteiger partial charge in [0.25, 0.3) is 5.91 Å². The topological polar surface area (TPSA) is 60.5 Å². The van der Waals surface area contributed by atoms with E-state index in [2.05, 4.69) is 17.2 Å². The first-order valence-corrected chi connectivity index (χ1v) is 8.60. The molecular formula is C18H30N2O3. The van der Waals surface area contributed by atoms with Gasteiger partial charge in [-0.1, -0.05) is 33.6 Å². The first-order valence-electron chi connectivity index (χ1n) is 8.60. The Bertz CT molecular complexity index is 452. The Morgan fingerprint density at radius 1 is 1.17 bits per heavy atom. The van der Waals surface area contributed by atoms with E-state index in [4.69, 9.17) is 9.47 Å². The molecule has 5 heteroatoms. The third-order valence-corrected chi connectivity index (χ3v) is 3.56. The fourth-order valence-corrected chi connectivity index (χ4v) is 2.10. The summed E-state index contributed by atoms with van der Waals surface area (Å²) in [4.78, 5) is 16.8. The molecule has 0 spiro atoms. The molecule has 0 aliphatic carbocycles. The third kappa shape index (κ3) is 6.57. The zero-order chi connectivity index (χ0) is 17.1. The highest BCUT2D eigenvalue weighted by atomic mass is 16.5. The van der Waals surface area contributed by atoms with E-state index in [1.54, 1.807) is 18.3 Å². The van der Waals surface area contributed by atoms with Gasteiger partial charge in [-0.3, -0.25) is 4.79 Å². The molecule has 130 valence electrons. The van der Waals surface area contributed by atoms with Crippen LogP contribution in [0.1, 0.15) is 59.8 Å². The van der Waals surface area contributed by atoms with Gasteiger partial charge in [-0.15, -0.1) is 0 Å². The first-order chi connectivity index (χ1) is 11.1. The zero-order valence-corrected chi connectivity index (χ0v) is 14.9. The van der Waals surface area contributed by atoms with Gasteiger partial charge in [0.05, 0.1) is 18.5 Å². The molecule has 0 bridgehead atoms. The van der Waals surface area contributed by atoms with Gasteiger partial charge >= 0.3 is 0 Å². The zero-order valence-electron chi connectivity index (χ0n) is 14.9. The van der Waals surface area contributed by atoms with Gasteiger partial charge in [0.1, 0.15) is 5.60 Å². The largest absolute Gasteiger partial charge is 0.478 e. The minimum atomic E-state index is -0.802. The molecule has 1 aromatic rings. The van der Waals surface area contributed by atoms with Crippen molar-refractivity contribution in [1.82, 2.24) is 4.98 Å². The molecule has 0 unspecified atom stereocenters. The molecule has 5 nitrogen and oxygen atoms in total. The minimum Gasteiger partial charge on any atom is -0.478 e. The minimum absolute atomic E-state index is 0.122. The summed E-state index contributed by atoms with van der Waals surface area (Å²) in [6.07, 6.45) is 6.13. The summed E-state index contributed by atoms with van der Waals surface area (Å²) in [5, 5.41) is 2.90. The lowest BCUT2D eigenvalue weighted by Gasteiger charge is -2.28. The average Bonchev–Trinajstić information content (AvgIpc) is 2.57. The van der Waals surface area contributed by atoms with Crippen molar-refractivity contribution in [1.29, 1.82) is 0 Å². The van der Waals surface area contributed by atoms with Crippen LogP contribution in [0.4, 0.5) is 5.69 Å². The van der Waals surface area contributed by atoms with Crippen LogP contribution in [0.25, 0.3) is 0 Å². The molecule has 0 saturated heterocycles. The molecule has 0 saturated carbocycles. The van der Waals surface area contributed by atoms with E-state index in [-0.39, 0.29) is 5.91 Å². The number of unbranched alkanes of at least 4 members (excludes halogenated alkanes) is 1. The third-order valence-electron chi connectivity index (χ3n) is 3.56. The molecule has 1 atom stereocenters. The number of nitrogens with one attached hydrogen (secondary N) is 1. The Kier molecular flexibility index (Phi) is 8.62. The quantitative estimate of drug-likeness (QED) is 0.664. The molecule has 1 aromatic heterocycles. The second-order valence-electron chi connectivity index (χ2n) is 5.87. The van der Waals surface area contributed by atoms with Crippen molar-refractivity contribution < 1.29 is 14.3 Å². The lowest BCUT2D eigenvalue weighted by molar-refractivity contribution is -0.140. The predicted octanol–water partition coefficient (Wildman–Crippen LogP) is 4.18. The van der Waals surface area contributed by atoms with Crippen molar-refractivity contribution >= 4 is 11.6 Å². The van der Waals surface area contributed by atoms with Gasteiger partial charge in [-0.2, -0.15) is 0 Å². The van der Waals surface area contributed by atoms with Crippen molar-refractivity contribution in [2.75, 3.05) is 18.5 Å². The van der Waals surface area contributed by atoms with Crippen molar-refractivity contribution in [3.8, 4) is 5.88 Å². The molecular weight excluding hydrogens is 292 g/mol. The second kappa shape index (κ2) is 10.2. The van der Waals surface area contributed by atoms with E-state index < -0.39 is 5.60 Å². The highest BCUT2D eigenvalue weighted by molar-refractivity contribution is 5.96. The number of rotatable bonds is 11. The maximum atomic E-state index is 12.6. The summed E-state index contributed by atoms with van der Waals surface area (Å²) < 4.78 is 11.3. The molecule has 0 aliphatic heterocycles. The Morgan fingerprint density at radius 3 is 2.48 bits per heavy atom. The van der Waals surface area contributed by atoms with Crippen molar-refractivity contribution in [2.24, 2.45) is 0 Å². The molecule has 0 aromatic carbocycles. The maximum Gasteiger partial charge on any atom is 0.256 e. The number of hydrogen-bond acceptors (Lipinski definition) is 4. The number of pyridine rings is 1. The van der Waals surface area contributed by atoms with Gasteiger partial charge in [0.15, 0.2) is 0 Å².